The maximum atomic E-state index is 12.7. The second-order valence-electron chi connectivity index (χ2n) is 5.95. The molecule has 2 unspecified atom stereocenters. The van der Waals surface area contributed by atoms with Crippen LogP contribution in [0.1, 0.15) is 30.0 Å². The van der Waals surface area contributed by atoms with Crippen LogP contribution in [-0.2, 0) is 4.79 Å². The number of hydrogen-bond donors (Lipinski definition) is 2. The number of carbonyl (C=O) groups excluding carboxylic acids is 1. The van der Waals surface area contributed by atoms with E-state index in [0.717, 1.165) is 37.1 Å². The van der Waals surface area contributed by atoms with Crippen molar-refractivity contribution in [3.63, 3.8) is 0 Å². The van der Waals surface area contributed by atoms with Gasteiger partial charge in [-0.15, -0.1) is 0 Å². The van der Waals surface area contributed by atoms with E-state index in [9.17, 15) is 4.79 Å². The van der Waals surface area contributed by atoms with E-state index >= 15 is 0 Å². The van der Waals surface area contributed by atoms with Crippen LogP contribution in [0.3, 0.4) is 0 Å². The van der Waals surface area contributed by atoms with Crippen molar-refractivity contribution in [2.24, 2.45) is 5.92 Å². The van der Waals surface area contributed by atoms with Gasteiger partial charge in [0.2, 0.25) is 5.91 Å². The van der Waals surface area contributed by atoms with Gasteiger partial charge in [-0.2, -0.15) is 0 Å². The maximum absolute atomic E-state index is 12.7. The molecule has 1 saturated heterocycles. The van der Waals surface area contributed by atoms with Crippen LogP contribution >= 0.6 is 11.6 Å². The highest BCUT2D eigenvalue weighted by atomic mass is 35.5. The van der Waals surface area contributed by atoms with Crippen molar-refractivity contribution >= 4 is 17.5 Å². The fraction of sp³-hybridized carbons (Fsp3) is 0.316. The molecule has 2 atom stereocenters. The molecule has 2 aromatic carbocycles. The minimum atomic E-state index is -0.177. The number of benzene rings is 2. The summed E-state index contributed by atoms with van der Waals surface area (Å²) in [6.07, 6.45) is 1.99. The molecule has 1 amide bonds. The third-order valence-corrected chi connectivity index (χ3v) is 4.50. The summed E-state index contributed by atoms with van der Waals surface area (Å²) in [6.45, 7) is 1.75. The first-order valence-corrected chi connectivity index (χ1v) is 8.43. The van der Waals surface area contributed by atoms with E-state index in [-0.39, 0.29) is 17.9 Å². The Morgan fingerprint density at radius 3 is 2.61 bits per heavy atom. The summed E-state index contributed by atoms with van der Waals surface area (Å²) in [4.78, 5) is 12.7. The Hall–Kier alpha value is -1.84. The van der Waals surface area contributed by atoms with Crippen molar-refractivity contribution in [2.45, 2.75) is 18.9 Å². The smallest absolute Gasteiger partial charge is 0.225 e. The number of carbonyl (C=O) groups is 1. The molecule has 2 aromatic rings. The Labute approximate surface area is 142 Å². The van der Waals surface area contributed by atoms with Gasteiger partial charge in [0.15, 0.2) is 0 Å². The Balaban J connectivity index is 1.85. The van der Waals surface area contributed by atoms with E-state index in [1.54, 1.807) is 0 Å². The Morgan fingerprint density at radius 1 is 1.13 bits per heavy atom. The van der Waals surface area contributed by atoms with Gasteiger partial charge < -0.3 is 10.6 Å². The van der Waals surface area contributed by atoms with E-state index in [1.807, 2.05) is 54.6 Å². The van der Waals surface area contributed by atoms with Crippen LogP contribution in [0.2, 0.25) is 5.02 Å². The molecule has 1 fully saturated rings. The van der Waals surface area contributed by atoms with Crippen molar-refractivity contribution in [2.75, 3.05) is 13.1 Å². The van der Waals surface area contributed by atoms with E-state index in [0.29, 0.717) is 5.02 Å². The summed E-state index contributed by atoms with van der Waals surface area (Å²) < 4.78 is 0. The van der Waals surface area contributed by atoms with Gasteiger partial charge in [-0.1, -0.05) is 54.1 Å². The van der Waals surface area contributed by atoms with Gasteiger partial charge in [-0.05, 0) is 42.6 Å². The summed E-state index contributed by atoms with van der Waals surface area (Å²) in [5.41, 5.74) is 2.06. The molecule has 0 saturated carbocycles. The largest absolute Gasteiger partial charge is 0.345 e. The second-order valence-corrected chi connectivity index (χ2v) is 6.39. The third-order valence-electron chi connectivity index (χ3n) is 4.27. The highest BCUT2D eigenvalue weighted by Crippen LogP contribution is 2.25. The molecule has 0 radical (unpaired) electrons. The molecule has 23 heavy (non-hydrogen) atoms. The fourth-order valence-corrected chi connectivity index (χ4v) is 3.23. The fourth-order valence-electron chi connectivity index (χ4n) is 3.03. The SMILES string of the molecule is O=C(NC(c1ccccc1)c1cccc(Cl)c1)C1CCCNC1. The number of halogens is 1. The highest BCUT2D eigenvalue weighted by molar-refractivity contribution is 6.30. The summed E-state index contributed by atoms with van der Waals surface area (Å²) in [5, 5.41) is 7.18. The zero-order valence-electron chi connectivity index (χ0n) is 13.0. The summed E-state index contributed by atoms with van der Waals surface area (Å²) >= 11 is 6.14. The van der Waals surface area contributed by atoms with E-state index < -0.39 is 0 Å². The van der Waals surface area contributed by atoms with Crippen LogP contribution in [0.25, 0.3) is 0 Å². The van der Waals surface area contributed by atoms with Crippen LogP contribution in [0.4, 0.5) is 0 Å². The minimum absolute atomic E-state index is 0.0362. The number of hydrogen-bond acceptors (Lipinski definition) is 2. The number of nitrogens with one attached hydrogen (secondary N) is 2. The summed E-state index contributed by atoms with van der Waals surface area (Å²) in [7, 11) is 0. The van der Waals surface area contributed by atoms with Crippen molar-refractivity contribution in [3.05, 3.63) is 70.7 Å². The zero-order valence-corrected chi connectivity index (χ0v) is 13.7. The van der Waals surface area contributed by atoms with Crippen molar-refractivity contribution in [1.29, 1.82) is 0 Å². The van der Waals surface area contributed by atoms with Gasteiger partial charge in [-0.25, -0.2) is 0 Å². The molecule has 2 N–H and O–H groups in total. The first-order valence-electron chi connectivity index (χ1n) is 8.05. The lowest BCUT2D eigenvalue weighted by Crippen LogP contribution is -2.42. The molecule has 1 aliphatic heterocycles. The highest BCUT2D eigenvalue weighted by Gasteiger charge is 2.24. The van der Waals surface area contributed by atoms with Gasteiger partial charge in [-0.3, -0.25) is 4.79 Å². The quantitative estimate of drug-likeness (QED) is 0.901. The first-order chi connectivity index (χ1) is 11.2. The molecule has 4 heteroatoms. The predicted molar refractivity (Wildman–Crippen MR) is 93.5 cm³/mol. The minimum Gasteiger partial charge on any atom is -0.345 e. The summed E-state index contributed by atoms with van der Waals surface area (Å²) in [5.74, 6) is 0.139. The Morgan fingerprint density at radius 2 is 1.91 bits per heavy atom. The molecule has 1 aliphatic rings. The predicted octanol–water partition coefficient (Wildman–Crippen LogP) is 3.55. The van der Waals surface area contributed by atoms with Crippen LogP contribution in [0.5, 0.6) is 0 Å². The lowest BCUT2D eigenvalue weighted by atomic mass is 9.95. The zero-order chi connectivity index (χ0) is 16.1. The average molecular weight is 329 g/mol. The van der Waals surface area contributed by atoms with E-state index in [4.69, 9.17) is 11.6 Å². The second kappa shape index (κ2) is 7.62. The topological polar surface area (TPSA) is 41.1 Å². The molecule has 3 nitrogen and oxygen atoms in total. The van der Waals surface area contributed by atoms with Gasteiger partial charge in [0.25, 0.3) is 0 Å². The molecule has 0 aromatic heterocycles. The standard InChI is InChI=1S/C19H21ClN2O/c20-17-10-4-8-15(12-17)18(14-6-2-1-3-7-14)22-19(23)16-9-5-11-21-13-16/h1-4,6-8,10,12,16,18,21H,5,9,11,13H2,(H,22,23). The number of rotatable bonds is 4. The van der Waals surface area contributed by atoms with Crippen LogP contribution in [0.15, 0.2) is 54.6 Å². The van der Waals surface area contributed by atoms with Gasteiger partial charge >= 0.3 is 0 Å². The van der Waals surface area contributed by atoms with Gasteiger partial charge in [0.05, 0.1) is 12.0 Å². The molecule has 0 bridgehead atoms. The monoisotopic (exact) mass is 328 g/mol. The molecule has 0 spiro atoms. The normalized spacial score (nSPS) is 19.1. The Kier molecular flexibility index (Phi) is 5.31. The van der Waals surface area contributed by atoms with Gasteiger partial charge in [0.1, 0.15) is 0 Å². The lowest BCUT2D eigenvalue weighted by molar-refractivity contribution is -0.126. The van der Waals surface area contributed by atoms with E-state index in [2.05, 4.69) is 10.6 Å². The summed E-state index contributed by atoms with van der Waals surface area (Å²) in [6, 6.07) is 17.5. The number of piperidine rings is 1. The Bertz CT molecular complexity index is 653. The average Bonchev–Trinajstić information content (AvgIpc) is 2.61. The number of amides is 1. The molecule has 120 valence electrons. The van der Waals surface area contributed by atoms with Crippen molar-refractivity contribution in [3.8, 4) is 0 Å². The van der Waals surface area contributed by atoms with Crippen molar-refractivity contribution < 1.29 is 4.79 Å². The molecule has 0 aliphatic carbocycles. The van der Waals surface area contributed by atoms with E-state index in [1.165, 1.54) is 0 Å². The van der Waals surface area contributed by atoms with Crippen LogP contribution < -0.4 is 10.6 Å². The lowest BCUT2D eigenvalue weighted by Gasteiger charge is -2.26. The molecular weight excluding hydrogens is 308 g/mol. The maximum Gasteiger partial charge on any atom is 0.225 e. The van der Waals surface area contributed by atoms with Crippen LogP contribution in [-0.4, -0.2) is 19.0 Å². The molecule has 3 rings (SSSR count). The molecular formula is C19H21ClN2O. The third kappa shape index (κ3) is 4.12. The molecule has 1 heterocycles. The van der Waals surface area contributed by atoms with Gasteiger partial charge in [0, 0.05) is 11.6 Å². The first kappa shape index (κ1) is 16.0. The van der Waals surface area contributed by atoms with Crippen LogP contribution in [0, 0.1) is 5.92 Å². The van der Waals surface area contributed by atoms with Crippen molar-refractivity contribution in [1.82, 2.24) is 10.6 Å².